The number of anilines is 2. The molecule has 3 aromatic rings. The monoisotopic (exact) mass is 358 g/mol. The van der Waals surface area contributed by atoms with E-state index < -0.39 is 0 Å². The van der Waals surface area contributed by atoms with Crippen LogP contribution >= 0.6 is 11.6 Å². The van der Waals surface area contributed by atoms with Crippen molar-refractivity contribution in [2.45, 2.75) is 19.9 Å². The molecule has 9 heteroatoms. The third kappa shape index (κ3) is 3.92. The van der Waals surface area contributed by atoms with Gasteiger partial charge in [0, 0.05) is 30.3 Å². The molecule has 0 aliphatic carbocycles. The normalized spacial score (nSPS) is 12.0. The largest absolute Gasteiger partial charge is 0.347 e. The zero-order valence-corrected chi connectivity index (χ0v) is 14.3. The van der Waals surface area contributed by atoms with Crippen molar-refractivity contribution in [3.05, 3.63) is 51.5 Å². The summed E-state index contributed by atoms with van der Waals surface area (Å²) in [6, 6.07) is 4.65. The maximum Gasteiger partial charge on any atom is 0.254 e. The summed E-state index contributed by atoms with van der Waals surface area (Å²) in [6.07, 6.45) is 2.99. The number of amides is 1. The topological polar surface area (TPSA) is 113 Å². The van der Waals surface area contributed by atoms with Crippen LogP contribution < -0.4 is 16.2 Å². The predicted molar refractivity (Wildman–Crippen MR) is 95.7 cm³/mol. The van der Waals surface area contributed by atoms with E-state index in [1.54, 1.807) is 18.2 Å². The summed E-state index contributed by atoms with van der Waals surface area (Å²) in [4.78, 5) is 38.5. The molecule has 25 heavy (non-hydrogen) atoms. The first kappa shape index (κ1) is 16.8. The standard InChI is InChI=1S/C16H15ClN6O2/c1-8(20-16-18-4-3-13(22-16)21-9(2)24)12-6-10-5-11(17)7-19-14(10)23-15(12)25/h3-8H,1-2H3,(H,19,23,25)(H2,18,20,21,22,24). The van der Waals surface area contributed by atoms with Crippen LogP contribution in [0.1, 0.15) is 25.5 Å². The van der Waals surface area contributed by atoms with Gasteiger partial charge in [-0.1, -0.05) is 11.6 Å². The average molecular weight is 359 g/mol. The minimum Gasteiger partial charge on any atom is -0.347 e. The number of halogens is 1. The summed E-state index contributed by atoms with van der Waals surface area (Å²) in [7, 11) is 0. The number of H-pyrrole nitrogens is 1. The molecular weight excluding hydrogens is 344 g/mol. The highest BCUT2D eigenvalue weighted by atomic mass is 35.5. The zero-order valence-electron chi connectivity index (χ0n) is 13.5. The summed E-state index contributed by atoms with van der Waals surface area (Å²) in [5.41, 5.74) is 0.694. The molecular formula is C16H15ClN6O2. The van der Waals surface area contributed by atoms with Crippen LogP contribution in [0.2, 0.25) is 5.02 Å². The zero-order chi connectivity index (χ0) is 18.0. The Hall–Kier alpha value is -3.00. The molecule has 0 radical (unpaired) electrons. The van der Waals surface area contributed by atoms with Gasteiger partial charge in [-0.15, -0.1) is 0 Å². The number of carbonyl (C=O) groups is 1. The first-order chi connectivity index (χ1) is 11.9. The molecule has 3 heterocycles. The fourth-order valence-electron chi connectivity index (χ4n) is 2.35. The molecule has 1 unspecified atom stereocenters. The average Bonchev–Trinajstić information content (AvgIpc) is 2.54. The summed E-state index contributed by atoms with van der Waals surface area (Å²) in [5.74, 6) is 0.441. The van der Waals surface area contributed by atoms with E-state index in [0.29, 0.717) is 28.0 Å². The van der Waals surface area contributed by atoms with E-state index >= 15 is 0 Å². The lowest BCUT2D eigenvalue weighted by Gasteiger charge is -2.14. The minimum atomic E-state index is -0.375. The van der Waals surface area contributed by atoms with Crippen LogP contribution in [-0.4, -0.2) is 25.8 Å². The van der Waals surface area contributed by atoms with E-state index in [1.165, 1.54) is 19.3 Å². The lowest BCUT2D eigenvalue weighted by molar-refractivity contribution is -0.114. The fourth-order valence-corrected chi connectivity index (χ4v) is 2.52. The number of nitrogens with zero attached hydrogens (tertiary/aromatic N) is 3. The van der Waals surface area contributed by atoms with Crippen molar-refractivity contribution >= 4 is 40.3 Å². The molecule has 8 nitrogen and oxygen atoms in total. The van der Waals surface area contributed by atoms with Crippen LogP contribution in [0.4, 0.5) is 11.8 Å². The van der Waals surface area contributed by atoms with Gasteiger partial charge in [0.05, 0.1) is 11.1 Å². The van der Waals surface area contributed by atoms with Crippen LogP contribution in [0.15, 0.2) is 35.4 Å². The van der Waals surface area contributed by atoms with Crippen LogP contribution in [0.25, 0.3) is 11.0 Å². The van der Waals surface area contributed by atoms with Gasteiger partial charge in [-0.05, 0) is 25.1 Å². The number of aromatic amines is 1. The van der Waals surface area contributed by atoms with Crippen molar-refractivity contribution < 1.29 is 4.79 Å². The molecule has 0 bridgehead atoms. The second kappa shape index (κ2) is 6.86. The van der Waals surface area contributed by atoms with Crippen molar-refractivity contribution in [1.29, 1.82) is 0 Å². The van der Waals surface area contributed by atoms with E-state index in [1.807, 2.05) is 6.92 Å². The molecule has 0 aliphatic rings. The van der Waals surface area contributed by atoms with Crippen LogP contribution in [0, 0.1) is 0 Å². The Morgan fingerprint density at radius 3 is 2.88 bits per heavy atom. The Labute approximate surface area is 147 Å². The quantitative estimate of drug-likeness (QED) is 0.660. The molecule has 1 amide bonds. The van der Waals surface area contributed by atoms with Gasteiger partial charge in [0.1, 0.15) is 11.5 Å². The highest BCUT2D eigenvalue weighted by Crippen LogP contribution is 2.19. The van der Waals surface area contributed by atoms with Crippen LogP contribution in [0.3, 0.4) is 0 Å². The van der Waals surface area contributed by atoms with Gasteiger partial charge in [-0.25, -0.2) is 9.97 Å². The molecule has 1 atom stereocenters. The van der Waals surface area contributed by atoms with Crippen LogP contribution in [0.5, 0.6) is 0 Å². The Morgan fingerprint density at radius 2 is 2.12 bits per heavy atom. The van der Waals surface area contributed by atoms with E-state index in [0.717, 1.165) is 5.39 Å². The van der Waals surface area contributed by atoms with E-state index in [9.17, 15) is 9.59 Å². The Balaban J connectivity index is 1.89. The van der Waals surface area contributed by atoms with Gasteiger partial charge < -0.3 is 15.6 Å². The second-order valence-corrected chi connectivity index (χ2v) is 5.89. The summed E-state index contributed by atoms with van der Waals surface area (Å²) >= 11 is 5.95. The van der Waals surface area contributed by atoms with Gasteiger partial charge in [0.25, 0.3) is 5.56 Å². The first-order valence-electron chi connectivity index (χ1n) is 7.48. The van der Waals surface area contributed by atoms with Gasteiger partial charge >= 0.3 is 0 Å². The molecule has 3 rings (SSSR count). The third-order valence-electron chi connectivity index (χ3n) is 3.46. The molecule has 0 saturated heterocycles. The predicted octanol–water partition coefficient (Wildman–Crippen LogP) is 2.50. The number of nitrogens with one attached hydrogen (secondary N) is 3. The van der Waals surface area contributed by atoms with Crippen molar-refractivity contribution in [2.75, 3.05) is 10.6 Å². The van der Waals surface area contributed by atoms with Crippen molar-refractivity contribution in [1.82, 2.24) is 19.9 Å². The minimum absolute atomic E-state index is 0.229. The first-order valence-corrected chi connectivity index (χ1v) is 7.86. The van der Waals surface area contributed by atoms with Crippen LogP contribution in [-0.2, 0) is 4.79 Å². The molecule has 0 saturated carbocycles. The number of pyridine rings is 2. The number of carbonyl (C=O) groups excluding carboxylic acids is 1. The number of rotatable bonds is 4. The molecule has 0 fully saturated rings. The SMILES string of the molecule is CC(=O)Nc1ccnc(NC(C)c2cc3cc(Cl)cnc3[nH]c2=O)n1. The van der Waals surface area contributed by atoms with Crippen molar-refractivity contribution in [3.8, 4) is 0 Å². The third-order valence-corrected chi connectivity index (χ3v) is 3.67. The number of aromatic nitrogens is 4. The highest BCUT2D eigenvalue weighted by Gasteiger charge is 2.13. The maximum absolute atomic E-state index is 12.3. The van der Waals surface area contributed by atoms with Gasteiger partial charge in [-0.2, -0.15) is 4.98 Å². The van der Waals surface area contributed by atoms with Gasteiger partial charge in [0.2, 0.25) is 11.9 Å². The van der Waals surface area contributed by atoms with Crippen molar-refractivity contribution in [2.24, 2.45) is 0 Å². The van der Waals surface area contributed by atoms with Crippen molar-refractivity contribution in [3.63, 3.8) is 0 Å². The lowest BCUT2D eigenvalue weighted by Crippen LogP contribution is -2.20. The fraction of sp³-hybridized carbons (Fsp3) is 0.188. The lowest BCUT2D eigenvalue weighted by atomic mass is 10.1. The summed E-state index contributed by atoms with van der Waals surface area (Å²) < 4.78 is 0. The highest BCUT2D eigenvalue weighted by molar-refractivity contribution is 6.31. The number of hydrogen-bond acceptors (Lipinski definition) is 6. The maximum atomic E-state index is 12.3. The van der Waals surface area contributed by atoms with E-state index in [2.05, 4.69) is 30.6 Å². The number of hydrogen-bond donors (Lipinski definition) is 3. The number of fused-ring (bicyclic) bond motifs is 1. The Kier molecular flexibility index (Phi) is 4.62. The van der Waals surface area contributed by atoms with Gasteiger partial charge in [0.15, 0.2) is 0 Å². The summed E-state index contributed by atoms with van der Waals surface area (Å²) in [6.45, 7) is 3.20. The Bertz CT molecular complexity index is 1000. The molecule has 0 spiro atoms. The second-order valence-electron chi connectivity index (χ2n) is 5.46. The smallest absolute Gasteiger partial charge is 0.254 e. The molecule has 3 aromatic heterocycles. The Morgan fingerprint density at radius 1 is 1.32 bits per heavy atom. The summed E-state index contributed by atoms with van der Waals surface area (Å²) in [5, 5.41) is 6.83. The van der Waals surface area contributed by atoms with Gasteiger partial charge in [-0.3, -0.25) is 9.59 Å². The molecule has 0 aromatic carbocycles. The molecule has 128 valence electrons. The van der Waals surface area contributed by atoms with E-state index in [4.69, 9.17) is 11.6 Å². The molecule has 3 N–H and O–H groups in total. The van der Waals surface area contributed by atoms with E-state index in [-0.39, 0.29) is 17.5 Å². The molecule has 0 aliphatic heterocycles.